The van der Waals surface area contributed by atoms with Crippen molar-refractivity contribution in [1.82, 2.24) is 15.1 Å². The number of piperidine rings is 1. The lowest BCUT2D eigenvalue weighted by molar-refractivity contribution is -0.0675. The Bertz CT molecular complexity index is 787. The summed E-state index contributed by atoms with van der Waals surface area (Å²) in [5, 5.41) is 7.79. The molecule has 0 amide bonds. The van der Waals surface area contributed by atoms with Gasteiger partial charge in [0.2, 0.25) is 0 Å². The number of para-hydroxylation sites is 1. The van der Waals surface area contributed by atoms with Crippen LogP contribution in [0.1, 0.15) is 49.3 Å². The van der Waals surface area contributed by atoms with Crippen molar-refractivity contribution in [3.63, 3.8) is 0 Å². The number of benzene rings is 1. The van der Waals surface area contributed by atoms with E-state index < -0.39 is 11.6 Å². The van der Waals surface area contributed by atoms with E-state index in [9.17, 15) is 8.78 Å². The van der Waals surface area contributed by atoms with Crippen molar-refractivity contribution in [3.05, 3.63) is 47.3 Å². The molecule has 2 aliphatic carbocycles. The summed E-state index contributed by atoms with van der Waals surface area (Å²) >= 11 is 0. The van der Waals surface area contributed by atoms with Crippen LogP contribution in [0.2, 0.25) is 0 Å². The largest absolute Gasteiger partial charge is 0.354 e. The minimum absolute atomic E-state index is 0.117. The molecule has 1 aromatic heterocycles. The normalized spacial score (nSPS) is 28.0. The molecule has 2 aromatic rings. The first-order valence-corrected chi connectivity index (χ1v) is 9.05. The maximum atomic E-state index is 14.3. The van der Waals surface area contributed by atoms with E-state index in [1.165, 1.54) is 29.3 Å². The summed E-state index contributed by atoms with van der Waals surface area (Å²) in [5.74, 6) is -0.0843. The van der Waals surface area contributed by atoms with Gasteiger partial charge in [-0.2, -0.15) is 5.10 Å². The number of fused-ring (bicyclic) bond motifs is 2. The second kappa shape index (κ2) is 5.61. The summed E-state index contributed by atoms with van der Waals surface area (Å²) < 4.78 is 36.2. The van der Waals surface area contributed by atoms with E-state index in [-0.39, 0.29) is 11.4 Å². The maximum absolute atomic E-state index is 14.3. The van der Waals surface area contributed by atoms with E-state index >= 15 is 0 Å². The Morgan fingerprint density at radius 3 is 2.64 bits per heavy atom. The second-order valence-corrected chi connectivity index (χ2v) is 7.58. The molecule has 1 saturated heterocycles. The van der Waals surface area contributed by atoms with Crippen molar-refractivity contribution < 1.29 is 13.5 Å². The molecule has 3 fully saturated rings. The number of hydrogen-bond donors (Lipinski definition) is 1. The Labute approximate surface area is 145 Å². The predicted molar refractivity (Wildman–Crippen MR) is 88.3 cm³/mol. The quantitative estimate of drug-likeness (QED) is 0.899. The SMILES string of the molecule is Fc1cccc(F)c1-n1ncc(C2CC2)c1CO[C@]12CC[C@H](CN1)C2. The lowest BCUT2D eigenvalue weighted by atomic mass is 10.1. The average Bonchev–Trinajstić information content (AvgIpc) is 3.07. The van der Waals surface area contributed by atoms with Crippen LogP contribution in [-0.4, -0.2) is 22.1 Å². The fraction of sp³-hybridized carbons (Fsp3) is 0.526. The molecule has 0 spiro atoms. The minimum Gasteiger partial charge on any atom is -0.354 e. The highest BCUT2D eigenvalue weighted by Gasteiger charge is 2.46. The summed E-state index contributed by atoms with van der Waals surface area (Å²) in [5.41, 5.74) is 1.45. The number of aromatic nitrogens is 2. The monoisotopic (exact) mass is 345 g/mol. The molecular weight excluding hydrogens is 324 g/mol. The molecule has 25 heavy (non-hydrogen) atoms. The smallest absolute Gasteiger partial charge is 0.151 e. The average molecular weight is 345 g/mol. The fourth-order valence-corrected chi connectivity index (χ4v) is 4.31. The number of nitrogens with one attached hydrogen (secondary N) is 1. The molecule has 4 nitrogen and oxygen atoms in total. The molecule has 3 aliphatic rings. The number of hydrogen-bond acceptors (Lipinski definition) is 3. The van der Waals surface area contributed by atoms with E-state index in [0.717, 1.165) is 43.5 Å². The predicted octanol–water partition coefficient (Wildman–Crippen LogP) is 3.64. The molecule has 5 rings (SSSR count). The van der Waals surface area contributed by atoms with Gasteiger partial charge in [-0.05, 0) is 61.6 Å². The third-order valence-electron chi connectivity index (χ3n) is 5.84. The van der Waals surface area contributed by atoms with Crippen molar-refractivity contribution in [2.24, 2.45) is 5.92 Å². The Kier molecular flexibility index (Phi) is 3.47. The van der Waals surface area contributed by atoms with Gasteiger partial charge in [0.1, 0.15) is 11.4 Å². The molecule has 2 bridgehead atoms. The van der Waals surface area contributed by atoms with Crippen molar-refractivity contribution >= 4 is 0 Å². The second-order valence-electron chi connectivity index (χ2n) is 7.58. The van der Waals surface area contributed by atoms with E-state index in [1.54, 1.807) is 6.20 Å². The number of rotatable bonds is 5. The Balaban J connectivity index is 1.50. The van der Waals surface area contributed by atoms with Gasteiger partial charge in [-0.3, -0.25) is 5.32 Å². The van der Waals surface area contributed by atoms with Crippen LogP contribution in [0.3, 0.4) is 0 Å². The van der Waals surface area contributed by atoms with E-state index in [0.29, 0.717) is 18.4 Å². The third kappa shape index (κ3) is 2.59. The zero-order valence-electron chi connectivity index (χ0n) is 14.0. The van der Waals surface area contributed by atoms with E-state index in [4.69, 9.17) is 4.74 Å². The van der Waals surface area contributed by atoms with Crippen LogP contribution in [0.4, 0.5) is 8.78 Å². The standard InChI is InChI=1S/C19H21F2N3O/c20-15-2-1-3-16(21)18(15)24-17(14(10-23-24)13-4-5-13)11-25-19-7-6-12(8-19)9-22-19/h1-3,10,12-13,22H,4-9,11H2/t12-,19-/m0/s1. The number of ether oxygens (including phenoxy) is 1. The van der Waals surface area contributed by atoms with Crippen molar-refractivity contribution in [3.8, 4) is 5.69 Å². The first-order chi connectivity index (χ1) is 12.2. The summed E-state index contributed by atoms with van der Waals surface area (Å²) in [4.78, 5) is 0. The molecule has 2 saturated carbocycles. The van der Waals surface area contributed by atoms with Crippen LogP contribution in [0.15, 0.2) is 24.4 Å². The highest BCUT2D eigenvalue weighted by atomic mass is 19.1. The molecule has 1 aliphatic heterocycles. The van der Waals surface area contributed by atoms with Gasteiger partial charge in [0.25, 0.3) is 0 Å². The van der Waals surface area contributed by atoms with Crippen LogP contribution in [0.25, 0.3) is 5.69 Å². The Hall–Kier alpha value is -1.79. The van der Waals surface area contributed by atoms with E-state index in [1.807, 2.05) is 0 Å². The van der Waals surface area contributed by atoms with Gasteiger partial charge in [-0.25, -0.2) is 13.5 Å². The summed E-state index contributed by atoms with van der Waals surface area (Å²) in [7, 11) is 0. The highest BCUT2D eigenvalue weighted by molar-refractivity contribution is 5.39. The molecule has 1 N–H and O–H groups in total. The first kappa shape index (κ1) is 15.5. The molecule has 0 unspecified atom stereocenters. The summed E-state index contributed by atoms with van der Waals surface area (Å²) in [6.07, 6.45) is 7.16. The lowest BCUT2D eigenvalue weighted by Crippen LogP contribution is -2.42. The molecule has 1 aromatic carbocycles. The van der Waals surface area contributed by atoms with Crippen LogP contribution < -0.4 is 5.32 Å². The highest BCUT2D eigenvalue weighted by Crippen LogP contribution is 2.44. The maximum Gasteiger partial charge on any atom is 0.151 e. The van der Waals surface area contributed by atoms with Crippen LogP contribution in [0, 0.1) is 17.6 Å². The van der Waals surface area contributed by atoms with Crippen molar-refractivity contribution in [2.45, 2.75) is 50.4 Å². The van der Waals surface area contributed by atoms with Crippen molar-refractivity contribution in [1.29, 1.82) is 0 Å². The number of nitrogens with zero attached hydrogens (tertiary/aromatic N) is 2. The topological polar surface area (TPSA) is 39.1 Å². The van der Waals surface area contributed by atoms with Crippen molar-refractivity contribution in [2.75, 3.05) is 6.54 Å². The Morgan fingerprint density at radius 1 is 1.24 bits per heavy atom. The van der Waals surface area contributed by atoms with Gasteiger partial charge in [0, 0.05) is 6.54 Å². The van der Waals surface area contributed by atoms with Crippen LogP contribution in [-0.2, 0) is 11.3 Å². The van der Waals surface area contributed by atoms with Gasteiger partial charge in [0.15, 0.2) is 11.6 Å². The fourth-order valence-electron chi connectivity index (χ4n) is 4.31. The molecule has 6 heteroatoms. The van der Waals surface area contributed by atoms with Gasteiger partial charge >= 0.3 is 0 Å². The lowest BCUT2D eigenvalue weighted by Gasteiger charge is -2.28. The molecule has 2 atom stereocenters. The van der Waals surface area contributed by atoms with Gasteiger partial charge < -0.3 is 4.74 Å². The molecular formula is C19H21F2N3O. The van der Waals surface area contributed by atoms with Crippen LogP contribution in [0.5, 0.6) is 0 Å². The molecule has 0 radical (unpaired) electrons. The zero-order valence-corrected chi connectivity index (χ0v) is 14.0. The number of halogens is 2. The zero-order chi connectivity index (χ0) is 17.0. The summed E-state index contributed by atoms with van der Waals surface area (Å²) in [6, 6.07) is 3.90. The molecule has 132 valence electrons. The third-order valence-corrected chi connectivity index (χ3v) is 5.84. The van der Waals surface area contributed by atoms with Gasteiger partial charge in [-0.1, -0.05) is 6.07 Å². The van der Waals surface area contributed by atoms with Gasteiger partial charge in [0.05, 0.1) is 18.5 Å². The van der Waals surface area contributed by atoms with Gasteiger partial charge in [-0.15, -0.1) is 0 Å². The first-order valence-electron chi connectivity index (χ1n) is 9.05. The molecule has 2 heterocycles. The van der Waals surface area contributed by atoms with Crippen LogP contribution >= 0.6 is 0 Å². The summed E-state index contributed by atoms with van der Waals surface area (Å²) in [6.45, 7) is 1.32. The Morgan fingerprint density at radius 2 is 2.04 bits per heavy atom. The minimum atomic E-state index is -0.607. The van der Waals surface area contributed by atoms with E-state index in [2.05, 4.69) is 10.4 Å².